The molecule has 0 aliphatic carbocycles. The molecular weight excluding hydrogens is 216 g/mol. The molecule has 1 rings (SSSR count). The second-order valence-electron chi connectivity index (χ2n) is 4.64. The standard InChI is InChI=1S/C13H26N2O2/c1-2-3-4-5-6-7-8-15-13(16)12-11-17-10-9-14-12/h12,14H,2-11H2,1H3,(H,15,16). The summed E-state index contributed by atoms with van der Waals surface area (Å²) < 4.78 is 5.25. The summed E-state index contributed by atoms with van der Waals surface area (Å²) in [6.45, 7) is 5.00. The van der Waals surface area contributed by atoms with Gasteiger partial charge in [-0.05, 0) is 6.42 Å². The van der Waals surface area contributed by atoms with E-state index < -0.39 is 0 Å². The van der Waals surface area contributed by atoms with Crippen LogP contribution in [-0.4, -0.2) is 38.3 Å². The van der Waals surface area contributed by atoms with E-state index in [2.05, 4.69) is 17.6 Å². The van der Waals surface area contributed by atoms with Gasteiger partial charge < -0.3 is 15.4 Å². The van der Waals surface area contributed by atoms with Crippen molar-refractivity contribution in [2.45, 2.75) is 51.5 Å². The summed E-state index contributed by atoms with van der Waals surface area (Å²) in [7, 11) is 0. The smallest absolute Gasteiger partial charge is 0.239 e. The van der Waals surface area contributed by atoms with Crippen LogP contribution in [0.15, 0.2) is 0 Å². The lowest BCUT2D eigenvalue weighted by atomic mass is 10.1. The Bertz CT molecular complexity index is 204. The van der Waals surface area contributed by atoms with Crippen molar-refractivity contribution in [3.63, 3.8) is 0 Å². The maximum Gasteiger partial charge on any atom is 0.239 e. The van der Waals surface area contributed by atoms with Crippen molar-refractivity contribution in [3.8, 4) is 0 Å². The Morgan fingerprint density at radius 1 is 1.29 bits per heavy atom. The quantitative estimate of drug-likeness (QED) is 0.633. The van der Waals surface area contributed by atoms with Crippen LogP contribution in [0.2, 0.25) is 0 Å². The van der Waals surface area contributed by atoms with Gasteiger partial charge in [0.15, 0.2) is 0 Å². The minimum atomic E-state index is -0.149. The summed E-state index contributed by atoms with van der Waals surface area (Å²) in [5.74, 6) is 0.0817. The van der Waals surface area contributed by atoms with Crippen molar-refractivity contribution in [1.82, 2.24) is 10.6 Å². The second kappa shape index (κ2) is 9.42. The number of nitrogens with one attached hydrogen (secondary N) is 2. The van der Waals surface area contributed by atoms with E-state index in [0.717, 1.165) is 19.5 Å². The normalized spacial score (nSPS) is 20.2. The number of carbonyl (C=O) groups excluding carboxylic acids is 1. The van der Waals surface area contributed by atoms with Crippen molar-refractivity contribution in [3.05, 3.63) is 0 Å². The van der Waals surface area contributed by atoms with E-state index in [1.807, 2.05) is 0 Å². The molecule has 1 unspecified atom stereocenters. The largest absolute Gasteiger partial charge is 0.378 e. The molecule has 0 saturated carbocycles. The highest BCUT2D eigenvalue weighted by Crippen LogP contribution is 2.04. The molecule has 4 heteroatoms. The van der Waals surface area contributed by atoms with Gasteiger partial charge in [-0.3, -0.25) is 4.79 Å². The molecule has 0 spiro atoms. The first-order valence-corrected chi connectivity index (χ1v) is 6.93. The fourth-order valence-corrected chi connectivity index (χ4v) is 1.97. The number of hydrogen-bond acceptors (Lipinski definition) is 3. The zero-order chi connectivity index (χ0) is 12.3. The van der Waals surface area contributed by atoms with Crippen LogP contribution in [0.3, 0.4) is 0 Å². The molecule has 1 atom stereocenters. The summed E-state index contributed by atoms with van der Waals surface area (Å²) >= 11 is 0. The number of unbranched alkanes of at least 4 members (excludes halogenated alkanes) is 5. The Kier molecular flexibility index (Phi) is 8.01. The lowest BCUT2D eigenvalue weighted by Gasteiger charge is -2.22. The van der Waals surface area contributed by atoms with Crippen molar-refractivity contribution >= 4 is 5.91 Å². The molecule has 1 amide bonds. The zero-order valence-electron chi connectivity index (χ0n) is 11.0. The number of ether oxygens (including phenoxy) is 1. The van der Waals surface area contributed by atoms with Crippen molar-refractivity contribution in [2.24, 2.45) is 0 Å². The highest BCUT2D eigenvalue weighted by molar-refractivity contribution is 5.81. The number of amides is 1. The Balaban J connectivity index is 1.92. The molecule has 1 aliphatic rings. The Morgan fingerprint density at radius 3 is 2.76 bits per heavy atom. The summed E-state index contributed by atoms with van der Waals surface area (Å²) in [5.41, 5.74) is 0. The predicted octanol–water partition coefficient (Wildman–Crippen LogP) is 1.45. The van der Waals surface area contributed by atoms with E-state index in [4.69, 9.17) is 4.74 Å². The van der Waals surface area contributed by atoms with Crippen LogP contribution in [0.25, 0.3) is 0 Å². The van der Waals surface area contributed by atoms with Crippen LogP contribution in [0, 0.1) is 0 Å². The number of rotatable bonds is 8. The fourth-order valence-electron chi connectivity index (χ4n) is 1.97. The Hall–Kier alpha value is -0.610. The topological polar surface area (TPSA) is 50.4 Å². The van der Waals surface area contributed by atoms with E-state index in [0.29, 0.717) is 13.2 Å². The number of carbonyl (C=O) groups is 1. The summed E-state index contributed by atoms with van der Waals surface area (Å²) in [4.78, 5) is 11.7. The molecule has 4 nitrogen and oxygen atoms in total. The molecule has 1 heterocycles. The van der Waals surface area contributed by atoms with Gasteiger partial charge in [0.2, 0.25) is 5.91 Å². The van der Waals surface area contributed by atoms with Crippen molar-refractivity contribution in [1.29, 1.82) is 0 Å². The molecule has 0 aromatic heterocycles. The molecule has 100 valence electrons. The first kappa shape index (κ1) is 14.5. The maximum absolute atomic E-state index is 11.7. The molecule has 0 radical (unpaired) electrons. The zero-order valence-corrected chi connectivity index (χ0v) is 11.0. The van der Waals surface area contributed by atoms with Crippen LogP contribution < -0.4 is 10.6 Å². The third kappa shape index (κ3) is 6.64. The first-order valence-electron chi connectivity index (χ1n) is 6.93. The average molecular weight is 242 g/mol. The molecule has 17 heavy (non-hydrogen) atoms. The minimum absolute atomic E-state index is 0.0817. The van der Waals surface area contributed by atoms with Gasteiger partial charge in [-0.15, -0.1) is 0 Å². The van der Waals surface area contributed by atoms with Crippen LogP contribution in [0.1, 0.15) is 45.4 Å². The van der Waals surface area contributed by atoms with E-state index in [-0.39, 0.29) is 11.9 Å². The number of hydrogen-bond donors (Lipinski definition) is 2. The second-order valence-corrected chi connectivity index (χ2v) is 4.64. The van der Waals surface area contributed by atoms with Crippen molar-refractivity contribution < 1.29 is 9.53 Å². The Morgan fingerprint density at radius 2 is 2.06 bits per heavy atom. The minimum Gasteiger partial charge on any atom is -0.378 e. The molecule has 1 saturated heterocycles. The molecule has 1 aliphatic heterocycles. The molecule has 0 aromatic rings. The summed E-state index contributed by atoms with van der Waals surface area (Å²) in [5, 5.41) is 6.11. The van der Waals surface area contributed by atoms with Gasteiger partial charge in [-0.25, -0.2) is 0 Å². The summed E-state index contributed by atoms with van der Waals surface area (Å²) in [6.07, 6.45) is 7.52. The predicted molar refractivity (Wildman–Crippen MR) is 69.0 cm³/mol. The van der Waals surface area contributed by atoms with Crippen molar-refractivity contribution in [2.75, 3.05) is 26.3 Å². The highest BCUT2D eigenvalue weighted by Gasteiger charge is 2.20. The average Bonchev–Trinajstić information content (AvgIpc) is 2.38. The van der Waals surface area contributed by atoms with Crippen LogP contribution in [0.5, 0.6) is 0 Å². The van der Waals surface area contributed by atoms with E-state index in [1.165, 1.54) is 32.1 Å². The highest BCUT2D eigenvalue weighted by atomic mass is 16.5. The van der Waals surface area contributed by atoms with E-state index in [9.17, 15) is 4.79 Å². The molecule has 2 N–H and O–H groups in total. The molecule has 0 bridgehead atoms. The van der Waals surface area contributed by atoms with Gasteiger partial charge in [0, 0.05) is 13.1 Å². The third-order valence-corrected chi connectivity index (χ3v) is 3.07. The summed E-state index contributed by atoms with van der Waals surface area (Å²) in [6, 6.07) is -0.149. The SMILES string of the molecule is CCCCCCCCNC(=O)C1COCCN1. The van der Waals surface area contributed by atoms with Gasteiger partial charge >= 0.3 is 0 Å². The van der Waals surface area contributed by atoms with Crippen LogP contribution in [0.4, 0.5) is 0 Å². The Labute approximate surface area is 104 Å². The first-order chi connectivity index (χ1) is 8.34. The van der Waals surface area contributed by atoms with Gasteiger partial charge in [-0.2, -0.15) is 0 Å². The lowest BCUT2D eigenvalue weighted by molar-refractivity contribution is -0.125. The van der Waals surface area contributed by atoms with Gasteiger partial charge in [0.25, 0.3) is 0 Å². The number of morpholine rings is 1. The molecule has 0 aromatic carbocycles. The van der Waals surface area contributed by atoms with Gasteiger partial charge in [0.05, 0.1) is 13.2 Å². The van der Waals surface area contributed by atoms with E-state index >= 15 is 0 Å². The molecule has 1 fully saturated rings. The lowest BCUT2D eigenvalue weighted by Crippen LogP contribution is -2.51. The van der Waals surface area contributed by atoms with Gasteiger partial charge in [-0.1, -0.05) is 39.0 Å². The van der Waals surface area contributed by atoms with Gasteiger partial charge in [0.1, 0.15) is 6.04 Å². The monoisotopic (exact) mass is 242 g/mol. The fraction of sp³-hybridized carbons (Fsp3) is 0.923. The van der Waals surface area contributed by atoms with E-state index in [1.54, 1.807) is 0 Å². The molecular formula is C13H26N2O2. The third-order valence-electron chi connectivity index (χ3n) is 3.07. The van der Waals surface area contributed by atoms with Crippen LogP contribution >= 0.6 is 0 Å². The van der Waals surface area contributed by atoms with Crippen LogP contribution in [-0.2, 0) is 9.53 Å². The maximum atomic E-state index is 11.7.